The number of nitrogens with zero attached hydrogens (tertiary/aromatic N) is 1. The second-order valence-corrected chi connectivity index (χ2v) is 5.27. The lowest BCUT2D eigenvalue weighted by Crippen LogP contribution is -2.44. The van der Waals surface area contributed by atoms with Crippen LogP contribution in [0.2, 0.25) is 0 Å². The van der Waals surface area contributed by atoms with Crippen molar-refractivity contribution in [1.29, 1.82) is 0 Å². The second kappa shape index (κ2) is 6.24. The number of aliphatic hydroxyl groups is 1. The fraction of sp³-hybridized carbons (Fsp3) is 0.923. The van der Waals surface area contributed by atoms with E-state index in [4.69, 9.17) is 0 Å². The van der Waals surface area contributed by atoms with Crippen LogP contribution in [0.15, 0.2) is 0 Å². The third-order valence-electron chi connectivity index (χ3n) is 3.32. The first-order valence-electron chi connectivity index (χ1n) is 6.51. The van der Waals surface area contributed by atoms with Crippen LogP contribution in [0.4, 0.5) is 0 Å². The van der Waals surface area contributed by atoms with E-state index in [9.17, 15) is 9.90 Å². The standard InChI is InChI=1S/C13H25NO2/c1-10(2)14(9-11(3)15)13(16)12-7-5-4-6-8-12/h10-12,15H,4-9H2,1-3H3/t11-/m1/s1. The Morgan fingerprint density at radius 3 is 2.25 bits per heavy atom. The summed E-state index contributed by atoms with van der Waals surface area (Å²) in [6.07, 6.45) is 5.24. The van der Waals surface area contributed by atoms with Crippen LogP contribution in [0.25, 0.3) is 0 Å². The fourth-order valence-corrected chi connectivity index (χ4v) is 2.42. The zero-order valence-electron chi connectivity index (χ0n) is 10.8. The number of carbonyl (C=O) groups is 1. The van der Waals surface area contributed by atoms with E-state index in [-0.39, 0.29) is 17.9 Å². The first-order chi connectivity index (χ1) is 7.52. The molecule has 1 aliphatic carbocycles. The zero-order chi connectivity index (χ0) is 12.1. The van der Waals surface area contributed by atoms with Crippen molar-refractivity contribution in [3.8, 4) is 0 Å². The van der Waals surface area contributed by atoms with Crippen LogP contribution in [0.1, 0.15) is 52.9 Å². The molecule has 0 aromatic rings. The number of carbonyl (C=O) groups excluding carboxylic acids is 1. The summed E-state index contributed by atoms with van der Waals surface area (Å²) >= 11 is 0. The minimum Gasteiger partial charge on any atom is -0.392 e. The molecule has 1 saturated carbocycles. The quantitative estimate of drug-likeness (QED) is 0.799. The van der Waals surface area contributed by atoms with Crippen molar-refractivity contribution in [2.24, 2.45) is 5.92 Å². The van der Waals surface area contributed by atoms with Gasteiger partial charge in [-0.3, -0.25) is 4.79 Å². The molecule has 3 heteroatoms. The molecule has 1 atom stereocenters. The van der Waals surface area contributed by atoms with Crippen LogP contribution in [-0.2, 0) is 4.79 Å². The molecule has 1 rings (SSSR count). The van der Waals surface area contributed by atoms with Gasteiger partial charge in [0.25, 0.3) is 0 Å². The molecule has 0 spiro atoms. The summed E-state index contributed by atoms with van der Waals surface area (Å²) in [6.45, 7) is 6.24. The molecular formula is C13H25NO2. The smallest absolute Gasteiger partial charge is 0.225 e. The zero-order valence-corrected chi connectivity index (χ0v) is 10.8. The Morgan fingerprint density at radius 1 is 1.25 bits per heavy atom. The van der Waals surface area contributed by atoms with E-state index >= 15 is 0 Å². The van der Waals surface area contributed by atoms with Gasteiger partial charge < -0.3 is 10.0 Å². The number of aliphatic hydroxyl groups excluding tert-OH is 1. The van der Waals surface area contributed by atoms with Crippen LogP contribution < -0.4 is 0 Å². The lowest BCUT2D eigenvalue weighted by Gasteiger charge is -2.33. The maximum Gasteiger partial charge on any atom is 0.225 e. The molecule has 0 bridgehead atoms. The number of amides is 1. The van der Waals surface area contributed by atoms with Gasteiger partial charge in [-0.2, -0.15) is 0 Å². The van der Waals surface area contributed by atoms with Gasteiger partial charge in [-0.1, -0.05) is 19.3 Å². The van der Waals surface area contributed by atoms with Gasteiger partial charge in [-0.25, -0.2) is 0 Å². The van der Waals surface area contributed by atoms with E-state index in [1.165, 1.54) is 19.3 Å². The average molecular weight is 227 g/mol. The highest BCUT2D eigenvalue weighted by molar-refractivity contribution is 5.79. The van der Waals surface area contributed by atoms with Crippen LogP contribution in [-0.4, -0.2) is 34.6 Å². The molecule has 1 fully saturated rings. The molecule has 0 heterocycles. The Bertz CT molecular complexity index is 220. The van der Waals surface area contributed by atoms with Crippen LogP contribution in [0, 0.1) is 5.92 Å². The van der Waals surface area contributed by atoms with Gasteiger partial charge in [0, 0.05) is 18.5 Å². The number of hydrogen-bond acceptors (Lipinski definition) is 2. The van der Waals surface area contributed by atoms with Crippen molar-refractivity contribution in [3.05, 3.63) is 0 Å². The van der Waals surface area contributed by atoms with Crippen molar-refractivity contribution < 1.29 is 9.90 Å². The third-order valence-corrected chi connectivity index (χ3v) is 3.32. The van der Waals surface area contributed by atoms with Gasteiger partial charge in [-0.15, -0.1) is 0 Å². The minimum absolute atomic E-state index is 0.184. The van der Waals surface area contributed by atoms with Gasteiger partial charge in [0.2, 0.25) is 5.91 Å². The summed E-state index contributed by atoms with van der Waals surface area (Å²) < 4.78 is 0. The lowest BCUT2D eigenvalue weighted by atomic mass is 9.88. The molecule has 3 nitrogen and oxygen atoms in total. The minimum atomic E-state index is -0.435. The predicted octanol–water partition coefficient (Wildman–Crippen LogP) is 2.18. The van der Waals surface area contributed by atoms with Crippen molar-refractivity contribution in [2.75, 3.05) is 6.54 Å². The summed E-state index contributed by atoms with van der Waals surface area (Å²) in [5.41, 5.74) is 0. The summed E-state index contributed by atoms with van der Waals surface area (Å²) in [7, 11) is 0. The Hall–Kier alpha value is -0.570. The molecule has 94 valence electrons. The van der Waals surface area contributed by atoms with Crippen LogP contribution >= 0.6 is 0 Å². The highest BCUT2D eigenvalue weighted by Crippen LogP contribution is 2.26. The molecule has 0 radical (unpaired) electrons. The Balaban J connectivity index is 2.58. The molecule has 0 aliphatic heterocycles. The predicted molar refractivity (Wildman–Crippen MR) is 65.1 cm³/mol. The van der Waals surface area contributed by atoms with E-state index in [1.54, 1.807) is 6.92 Å². The fourth-order valence-electron chi connectivity index (χ4n) is 2.42. The van der Waals surface area contributed by atoms with E-state index in [1.807, 2.05) is 18.7 Å². The van der Waals surface area contributed by atoms with E-state index < -0.39 is 6.10 Å². The maximum atomic E-state index is 12.3. The highest BCUT2D eigenvalue weighted by atomic mass is 16.3. The molecule has 0 aromatic carbocycles. The largest absolute Gasteiger partial charge is 0.392 e. The van der Waals surface area contributed by atoms with Gasteiger partial charge in [0.15, 0.2) is 0 Å². The molecule has 0 saturated heterocycles. The Kier molecular flexibility index (Phi) is 5.26. The molecule has 16 heavy (non-hydrogen) atoms. The normalized spacial score (nSPS) is 19.8. The van der Waals surface area contributed by atoms with E-state index in [2.05, 4.69) is 0 Å². The molecule has 0 aromatic heterocycles. The lowest BCUT2D eigenvalue weighted by molar-refractivity contribution is -0.139. The van der Waals surface area contributed by atoms with Crippen molar-refractivity contribution in [2.45, 2.75) is 65.0 Å². The summed E-state index contributed by atoms with van der Waals surface area (Å²) in [4.78, 5) is 14.1. The third kappa shape index (κ3) is 3.78. The first kappa shape index (κ1) is 13.5. The van der Waals surface area contributed by atoms with Crippen molar-refractivity contribution in [3.63, 3.8) is 0 Å². The van der Waals surface area contributed by atoms with Crippen molar-refractivity contribution in [1.82, 2.24) is 4.90 Å². The second-order valence-electron chi connectivity index (χ2n) is 5.27. The summed E-state index contributed by atoms with van der Waals surface area (Å²) in [5.74, 6) is 0.450. The van der Waals surface area contributed by atoms with Gasteiger partial charge in [0.1, 0.15) is 0 Å². The van der Waals surface area contributed by atoms with E-state index in [0.717, 1.165) is 12.8 Å². The Morgan fingerprint density at radius 2 is 1.81 bits per heavy atom. The Labute approximate surface area is 98.8 Å². The maximum absolute atomic E-state index is 12.3. The monoisotopic (exact) mass is 227 g/mol. The summed E-state index contributed by atoms with van der Waals surface area (Å²) in [5, 5.41) is 9.43. The number of hydrogen-bond donors (Lipinski definition) is 1. The van der Waals surface area contributed by atoms with Crippen molar-refractivity contribution >= 4 is 5.91 Å². The topological polar surface area (TPSA) is 40.5 Å². The highest BCUT2D eigenvalue weighted by Gasteiger charge is 2.27. The van der Waals surface area contributed by atoms with Crippen LogP contribution in [0.3, 0.4) is 0 Å². The molecular weight excluding hydrogens is 202 g/mol. The molecule has 0 unspecified atom stereocenters. The van der Waals surface area contributed by atoms with Gasteiger partial charge in [0.05, 0.1) is 6.10 Å². The van der Waals surface area contributed by atoms with E-state index in [0.29, 0.717) is 6.54 Å². The first-order valence-corrected chi connectivity index (χ1v) is 6.51. The number of rotatable bonds is 4. The molecule has 1 aliphatic rings. The van der Waals surface area contributed by atoms with Gasteiger partial charge in [-0.05, 0) is 33.6 Å². The summed E-state index contributed by atoms with van der Waals surface area (Å²) in [6, 6.07) is 0.184. The molecule has 1 N–H and O–H groups in total. The van der Waals surface area contributed by atoms with Gasteiger partial charge >= 0.3 is 0 Å². The van der Waals surface area contributed by atoms with Crippen LogP contribution in [0.5, 0.6) is 0 Å². The molecule has 1 amide bonds. The average Bonchev–Trinajstić information content (AvgIpc) is 2.25. The SMILES string of the molecule is CC(C)N(C[C@@H](C)O)C(=O)C1CCCCC1.